The number of benzene rings is 2. The Morgan fingerprint density at radius 3 is 2.48 bits per heavy atom. The van der Waals surface area contributed by atoms with Crippen molar-refractivity contribution in [3.63, 3.8) is 0 Å². The third-order valence-electron chi connectivity index (χ3n) is 4.25. The number of anilines is 1. The van der Waals surface area contributed by atoms with Crippen molar-refractivity contribution in [2.45, 2.75) is 6.92 Å². The van der Waals surface area contributed by atoms with Crippen LogP contribution in [0.25, 0.3) is 16.2 Å². The quantitative estimate of drug-likeness (QED) is 0.461. The first-order valence-corrected chi connectivity index (χ1v) is 9.86. The number of hydrogen-bond acceptors (Lipinski definition) is 4. The van der Waals surface area contributed by atoms with Crippen LogP contribution in [0.2, 0.25) is 0 Å². The van der Waals surface area contributed by atoms with Gasteiger partial charge in [0.05, 0.1) is 12.8 Å². The number of amides is 1. The predicted molar refractivity (Wildman–Crippen MR) is 112 cm³/mol. The van der Waals surface area contributed by atoms with E-state index in [1.807, 2.05) is 66.1 Å². The van der Waals surface area contributed by atoms with Crippen LogP contribution < -0.4 is 10.1 Å². The average molecular weight is 442 g/mol. The summed E-state index contributed by atoms with van der Waals surface area (Å²) in [6.45, 7) is 1.93. The van der Waals surface area contributed by atoms with Crippen molar-refractivity contribution in [1.82, 2.24) is 9.38 Å². The highest BCUT2D eigenvalue weighted by atomic mass is 79.9. The van der Waals surface area contributed by atoms with Crippen LogP contribution in [0.1, 0.15) is 15.4 Å². The van der Waals surface area contributed by atoms with Gasteiger partial charge in [-0.2, -0.15) is 0 Å². The van der Waals surface area contributed by atoms with E-state index in [2.05, 4.69) is 26.2 Å². The van der Waals surface area contributed by atoms with Crippen LogP contribution in [-0.4, -0.2) is 22.4 Å². The summed E-state index contributed by atoms with van der Waals surface area (Å²) in [6.07, 6.45) is 1.96. The molecule has 0 fully saturated rings. The Kier molecular flexibility index (Phi) is 4.72. The maximum absolute atomic E-state index is 12.6. The van der Waals surface area contributed by atoms with Crippen LogP contribution in [0, 0.1) is 6.92 Å². The van der Waals surface area contributed by atoms with Crippen molar-refractivity contribution in [1.29, 1.82) is 0 Å². The normalized spacial score (nSPS) is 10.9. The average Bonchev–Trinajstić information content (AvgIpc) is 3.23. The molecule has 7 heteroatoms. The molecule has 0 bridgehead atoms. The van der Waals surface area contributed by atoms with Gasteiger partial charge in [0, 0.05) is 27.6 Å². The minimum atomic E-state index is -0.128. The zero-order valence-electron chi connectivity index (χ0n) is 14.7. The van der Waals surface area contributed by atoms with E-state index in [9.17, 15) is 4.79 Å². The van der Waals surface area contributed by atoms with Gasteiger partial charge in [0.2, 0.25) is 0 Å². The van der Waals surface area contributed by atoms with Gasteiger partial charge < -0.3 is 10.1 Å². The minimum absolute atomic E-state index is 0.128. The molecule has 1 amide bonds. The molecule has 0 saturated carbocycles. The first-order valence-electron chi connectivity index (χ1n) is 8.25. The molecule has 2 heterocycles. The molecule has 0 saturated heterocycles. The Morgan fingerprint density at radius 1 is 1.15 bits per heavy atom. The first-order chi connectivity index (χ1) is 13.0. The lowest BCUT2D eigenvalue weighted by Crippen LogP contribution is -2.11. The number of halogens is 1. The van der Waals surface area contributed by atoms with Crippen molar-refractivity contribution in [2.75, 3.05) is 12.4 Å². The van der Waals surface area contributed by atoms with Gasteiger partial charge in [-0.15, -0.1) is 0 Å². The van der Waals surface area contributed by atoms with E-state index in [1.54, 1.807) is 7.11 Å². The van der Waals surface area contributed by atoms with Gasteiger partial charge in [-0.25, -0.2) is 4.98 Å². The van der Waals surface area contributed by atoms with Gasteiger partial charge in [-0.1, -0.05) is 27.3 Å². The fourth-order valence-electron chi connectivity index (χ4n) is 2.78. The zero-order chi connectivity index (χ0) is 19.0. The van der Waals surface area contributed by atoms with Crippen LogP contribution in [0.4, 0.5) is 5.69 Å². The number of aromatic nitrogens is 2. The van der Waals surface area contributed by atoms with E-state index in [1.165, 1.54) is 11.3 Å². The summed E-state index contributed by atoms with van der Waals surface area (Å²) in [7, 11) is 1.64. The number of carbonyl (C=O) groups excluding carboxylic acids is 1. The second-order valence-corrected chi connectivity index (χ2v) is 7.88. The summed E-state index contributed by atoms with van der Waals surface area (Å²) in [5.74, 6) is 0.680. The fourth-order valence-corrected chi connectivity index (χ4v) is 4.05. The smallest absolute Gasteiger partial charge is 0.267 e. The van der Waals surface area contributed by atoms with Crippen molar-refractivity contribution < 1.29 is 9.53 Å². The van der Waals surface area contributed by atoms with Crippen molar-refractivity contribution in [2.24, 2.45) is 0 Å². The molecule has 27 heavy (non-hydrogen) atoms. The predicted octanol–water partition coefficient (Wildman–Crippen LogP) is 5.39. The number of methoxy groups -OCH3 is 1. The highest BCUT2D eigenvalue weighted by molar-refractivity contribution is 9.10. The Balaban J connectivity index is 1.61. The molecule has 0 radical (unpaired) electrons. The Labute approximate surface area is 168 Å². The largest absolute Gasteiger partial charge is 0.497 e. The molecule has 0 aliphatic carbocycles. The molecule has 0 aliphatic rings. The lowest BCUT2D eigenvalue weighted by Gasteiger charge is -2.04. The fraction of sp³-hybridized carbons (Fsp3) is 0.100. The second-order valence-electron chi connectivity index (χ2n) is 5.98. The second kappa shape index (κ2) is 7.17. The summed E-state index contributed by atoms with van der Waals surface area (Å²) >= 11 is 4.77. The SMILES string of the molecule is COc1ccc(-c2cn3c(C)c(C(=O)Nc4ccc(Br)cc4)sc3n2)cc1. The molecule has 0 spiro atoms. The molecule has 4 aromatic rings. The summed E-state index contributed by atoms with van der Waals surface area (Å²) < 4.78 is 8.12. The van der Waals surface area contributed by atoms with Crippen LogP contribution >= 0.6 is 27.3 Å². The van der Waals surface area contributed by atoms with Crippen LogP contribution in [0.3, 0.4) is 0 Å². The molecule has 5 nitrogen and oxygen atoms in total. The van der Waals surface area contributed by atoms with E-state index >= 15 is 0 Å². The van der Waals surface area contributed by atoms with E-state index in [0.29, 0.717) is 4.88 Å². The number of hydrogen-bond donors (Lipinski definition) is 1. The Hall–Kier alpha value is -2.64. The number of fused-ring (bicyclic) bond motifs is 1. The minimum Gasteiger partial charge on any atom is -0.497 e. The van der Waals surface area contributed by atoms with Gasteiger partial charge in [0.1, 0.15) is 10.6 Å². The maximum atomic E-state index is 12.6. The Morgan fingerprint density at radius 2 is 1.85 bits per heavy atom. The zero-order valence-corrected chi connectivity index (χ0v) is 17.1. The molecule has 2 aromatic heterocycles. The van der Waals surface area contributed by atoms with Crippen molar-refractivity contribution >= 4 is 43.8 Å². The highest BCUT2D eigenvalue weighted by Crippen LogP contribution is 2.28. The lowest BCUT2D eigenvalue weighted by molar-refractivity contribution is 0.102. The van der Waals surface area contributed by atoms with E-state index in [4.69, 9.17) is 4.74 Å². The lowest BCUT2D eigenvalue weighted by atomic mass is 10.2. The van der Waals surface area contributed by atoms with Crippen LogP contribution in [0.15, 0.2) is 59.2 Å². The Bertz CT molecular complexity index is 1110. The van der Waals surface area contributed by atoms with E-state index in [0.717, 1.165) is 37.8 Å². The molecular weight excluding hydrogens is 426 g/mol. The molecule has 0 atom stereocenters. The first kappa shape index (κ1) is 17.8. The number of thiazole rings is 1. The molecule has 136 valence electrons. The number of imidazole rings is 1. The van der Waals surface area contributed by atoms with E-state index < -0.39 is 0 Å². The number of carbonyl (C=O) groups is 1. The third kappa shape index (κ3) is 3.48. The van der Waals surface area contributed by atoms with Crippen LogP contribution in [-0.2, 0) is 0 Å². The summed E-state index contributed by atoms with van der Waals surface area (Å²) in [4.78, 5) is 18.8. The van der Waals surface area contributed by atoms with Gasteiger partial charge in [-0.3, -0.25) is 9.20 Å². The molecular formula is C20H16BrN3O2S. The van der Waals surface area contributed by atoms with Gasteiger partial charge in [0.25, 0.3) is 5.91 Å². The maximum Gasteiger partial charge on any atom is 0.267 e. The number of aryl methyl sites for hydroxylation is 1. The number of rotatable bonds is 4. The molecule has 0 unspecified atom stereocenters. The topological polar surface area (TPSA) is 55.6 Å². The molecule has 1 N–H and O–H groups in total. The van der Waals surface area contributed by atoms with Gasteiger partial charge in [0.15, 0.2) is 4.96 Å². The van der Waals surface area contributed by atoms with Gasteiger partial charge >= 0.3 is 0 Å². The molecule has 4 rings (SSSR count). The monoisotopic (exact) mass is 441 g/mol. The van der Waals surface area contributed by atoms with Crippen molar-refractivity contribution in [3.05, 3.63) is 69.8 Å². The third-order valence-corrected chi connectivity index (χ3v) is 5.94. The molecule has 2 aromatic carbocycles. The standard InChI is InChI=1S/C20H16BrN3O2S/c1-12-18(19(25)22-15-7-5-14(21)6-8-15)27-20-23-17(11-24(12)20)13-3-9-16(26-2)10-4-13/h3-11H,1-2H3,(H,22,25). The summed E-state index contributed by atoms with van der Waals surface area (Å²) in [5.41, 5.74) is 3.50. The molecule has 0 aliphatic heterocycles. The summed E-state index contributed by atoms with van der Waals surface area (Å²) in [6, 6.07) is 15.3. The van der Waals surface area contributed by atoms with Gasteiger partial charge in [-0.05, 0) is 55.5 Å². The van der Waals surface area contributed by atoms with E-state index in [-0.39, 0.29) is 5.91 Å². The number of nitrogens with zero attached hydrogens (tertiary/aromatic N) is 2. The highest BCUT2D eigenvalue weighted by Gasteiger charge is 2.18. The van der Waals surface area contributed by atoms with Crippen molar-refractivity contribution in [3.8, 4) is 17.0 Å². The number of nitrogens with one attached hydrogen (secondary N) is 1. The number of ether oxygens (including phenoxy) is 1. The summed E-state index contributed by atoms with van der Waals surface area (Å²) in [5, 5.41) is 2.93. The van der Waals surface area contributed by atoms with Crippen LogP contribution in [0.5, 0.6) is 5.75 Å².